The number of aromatic nitrogens is 4. The van der Waals surface area contributed by atoms with E-state index >= 15 is 0 Å². The number of thioether (sulfide) groups is 1. The highest BCUT2D eigenvalue weighted by Crippen LogP contribution is 2.19. The molecule has 1 N–H and O–H groups in total. The van der Waals surface area contributed by atoms with E-state index in [-0.39, 0.29) is 18.2 Å². The monoisotopic (exact) mass is 398 g/mol. The van der Waals surface area contributed by atoms with E-state index < -0.39 is 0 Å². The van der Waals surface area contributed by atoms with Gasteiger partial charge in [0.15, 0.2) is 0 Å². The van der Waals surface area contributed by atoms with Crippen molar-refractivity contribution in [2.75, 3.05) is 12.3 Å². The van der Waals surface area contributed by atoms with Gasteiger partial charge in [0.05, 0.1) is 5.69 Å². The quantitative estimate of drug-likeness (QED) is 0.459. The molecular formula is C16H15Cl2FN5S-. The lowest BCUT2D eigenvalue weighted by Gasteiger charge is -2.08. The Morgan fingerprint density at radius 3 is 2.68 bits per heavy atom. The topological polar surface area (TPSA) is 55.6 Å². The molecule has 25 heavy (non-hydrogen) atoms. The highest BCUT2D eigenvalue weighted by molar-refractivity contribution is 7.99. The van der Waals surface area contributed by atoms with Gasteiger partial charge in [-0.2, -0.15) is 4.68 Å². The maximum Gasteiger partial charge on any atom is 0.214 e. The molecule has 0 amide bonds. The van der Waals surface area contributed by atoms with Gasteiger partial charge in [-0.25, -0.2) is 4.39 Å². The van der Waals surface area contributed by atoms with Crippen LogP contribution in [0.15, 0.2) is 53.7 Å². The molecule has 1 heterocycles. The highest BCUT2D eigenvalue weighted by Gasteiger charge is 2.09. The van der Waals surface area contributed by atoms with E-state index in [0.29, 0.717) is 28.8 Å². The number of halogens is 3. The molecule has 0 aliphatic rings. The first-order valence-corrected chi connectivity index (χ1v) is 8.72. The van der Waals surface area contributed by atoms with Gasteiger partial charge in [0.25, 0.3) is 0 Å². The normalized spacial score (nSPS) is 10.5. The molecular weight excluding hydrogens is 384 g/mol. The molecule has 0 saturated carbocycles. The van der Waals surface area contributed by atoms with E-state index in [1.165, 1.54) is 17.8 Å². The summed E-state index contributed by atoms with van der Waals surface area (Å²) >= 11 is 7.53. The first-order chi connectivity index (χ1) is 11.8. The molecule has 0 spiro atoms. The molecule has 2 aromatic carbocycles. The number of tetrazole rings is 1. The van der Waals surface area contributed by atoms with Gasteiger partial charge < -0.3 is 17.7 Å². The first-order valence-electron chi connectivity index (χ1n) is 7.36. The number of rotatable bonds is 7. The van der Waals surface area contributed by atoms with E-state index in [2.05, 4.69) is 20.8 Å². The number of nitrogens with one attached hydrogen (secondary N) is 1. The minimum absolute atomic E-state index is 0. The lowest BCUT2D eigenvalue weighted by Crippen LogP contribution is -3.00. The second-order valence-electron chi connectivity index (χ2n) is 4.93. The third-order valence-electron chi connectivity index (χ3n) is 3.32. The van der Waals surface area contributed by atoms with Gasteiger partial charge in [-0.3, -0.25) is 0 Å². The summed E-state index contributed by atoms with van der Waals surface area (Å²) < 4.78 is 15.4. The number of nitrogens with zero attached hydrogens (tertiary/aromatic N) is 4. The molecule has 0 aliphatic carbocycles. The standard InChI is InChI=1S/C16H15ClFN5S.ClH/c17-14-7-4-8-15(18)13(14)11-19-9-10-24-16-20-21-22-23(16)12-5-2-1-3-6-12;/h1-8,19H,9-11H2;1H/p-1. The van der Waals surface area contributed by atoms with Crippen molar-refractivity contribution in [1.29, 1.82) is 0 Å². The van der Waals surface area contributed by atoms with Gasteiger partial charge in [0.1, 0.15) is 5.82 Å². The summed E-state index contributed by atoms with van der Waals surface area (Å²) in [5.41, 5.74) is 1.40. The van der Waals surface area contributed by atoms with E-state index in [0.717, 1.165) is 11.4 Å². The van der Waals surface area contributed by atoms with Crippen LogP contribution in [0.1, 0.15) is 5.56 Å². The first kappa shape index (κ1) is 19.7. The molecule has 0 radical (unpaired) electrons. The van der Waals surface area contributed by atoms with Crippen molar-refractivity contribution in [2.24, 2.45) is 0 Å². The van der Waals surface area contributed by atoms with Gasteiger partial charge in [-0.15, -0.1) is 5.10 Å². The predicted molar refractivity (Wildman–Crippen MR) is 93.0 cm³/mol. The average Bonchev–Trinajstić information content (AvgIpc) is 3.06. The molecule has 0 unspecified atom stereocenters. The number of benzene rings is 2. The summed E-state index contributed by atoms with van der Waals surface area (Å²) in [5, 5.41) is 16.1. The summed E-state index contributed by atoms with van der Waals surface area (Å²) in [4.78, 5) is 0. The summed E-state index contributed by atoms with van der Waals surface area (Å²) in [6, 6.07) is 14.4. The van der Waals surface area contributed by atoms with E-state index in [4.69, 9.17) is 11.6 Å². The van der Waals surface area contributed by atoms with Crippen molar-refractivity contribution in [3.8, 4) is 5.69 Å². The van der Waals surface area contributed by atoms with E-state index in [9.17, 15) is 4.39 Å². The summed E-state index contributed by atoms with van der Waals surface area (Å²) in [6.07, 6.45) is 0. The third kappa shape index (κ3) is 5.15. The van der Waals surface area contributed by atoms with Crippen LogP contribution in [0.4, 0.5) is 4.39 Å². The lowest BCUT2D eigenvalue weighted by molar-refractivity contribution is -0.00000544. The molecule has 3 aromatic rings. The van der Waals surface area contributed by atoms with Crippen molar-refractivity contribution < 1.29 is 16.8 Å². The van der Waals surface area contributed by atoms with Crippen LogP contribution >= 0.6 is 23.4 Å². The zero-order chi connectivity index (χ0) is 16.8. The smallest absolute Gasteiger partial charge is 0.214 e. The molecule has 1 aromatic heterocycles. The van der Waals surface area contributed by atoms with Gasteiger partial charge >= 0.3 is 0 Å². The Labute approximate surface area is 160 Å². The minimum atomic E-state index is -0.296. The highest BCUT2D eigenvalue weighted by atomic mass is 35.5. The van der Waals surface area contributed by atoms with Crippen LogP contribution in [0.5, 0.6) is 0 Å². The maximum absolute atomic E-state index is 13.7. The molecule has 132 valence electrons. The average molecular weight is 399 g/mol. The Morgan fingerprint density at radius 2 is 1.92 bits per heavy atom. The SMILES string of the molecule is Fc1cccc(Cl)c1CNCCSc1nnnn1-c1ccccc1.[Cl-]. The lowest BCUT2D eigenvalue weighted by atomic mass is 10.2. The van der Waals surface area contributed by atoms with Crippen LogP contribution in [0, 0.1) is 5.82 Å². The van der Waals surface area contributed by atoms with Crippen molar-refractivity contribution in [2.45, 2.75) is 11.7 Å². The van der Waals surface area contributed by atoms with Gasteiger partial charge in [-0.1, -0.05) is 47.6 Å². The Bertz CT molecular complexity index is 780. The largest absolute Gasteiger partial charge is 1.00 e. The zero-order valence-electron chi connectivity index (χ0n) is 13.1. The van der Waals surface area contributed by atoms with Crippen LogP contribution in [0.3, 0.4) is 0 Å². The molecule has 5 nitrogen and oxygen atoms in total. The second kappa shape index (κ2) is 9.72. The van der Waals surface area contributed by atoms with Crippen LogP contribution in [0.2, 0.25) is 5.02 Å². The Hall–Kier alpha value is -1.67. The van der Waals surface area contributed by atoms with Crippen LogP contribution in [0.25, 0.3) is 5.69 Å². The molecule has 9 heteroatoms. The summed E-state index contributed by atoms with van der Waals surface area (Å²) in [5.74, 6) is 0.454. The van der Waals surface area contributed by atoms with Crippen molar-refractivity contribution in [3.05, 3.63) is 64.9 Å². The fourth-order valence-corrected chi connectivity index (χ4v) is 3.15. The fraction of sp³-hybridized carbons (Fsp3) is 0.188. The Balaban J connectivity index is 0.00000225. The molecule has 0 bridgehead atoms. The van der Waals surface area contributed by atoms with Crippen LogP contribution < -0.4 is 17.7 Å². The molecule has 0 atom stereocenters. The maximum atomic E-state index is 13.7. The molecule has 3 rings (SSSR count). The molecule has 0 aliphatic heterocycles. The van der Waals surface area contributed by atoms with Gasteiger partial charge in [0, 0.05) is 29.4 Å². The third-order valence-corrected chi connectivity index (χ3v) is 4.59. The Kier molecular flexibility index (Phi) is 7.64. The minimum Gasteiger partial charge on any atom is -1.00 e. The van der Waals surface area contributed by atoms with Gasteiger partial charge in [-0.05, 0) is 34.7 Å². The Morgan fingerprint density at radius 1 is 1.12 bits per heavy atom. The molecule has 0 fully saturated rings. The molecule has 0 saturated heterocycles. The predicted octanol–water partition coefficient (Wildman–Crippen LogP) is 0.341. The van der Waals surface area contributed by atoms with Gasteiger partial charge in [0.2, 0.25) is 5.16 Å². The number of hydrogen-bond donors (Lipinski definition) is 1. The second-order valence-corrected chi connectivity index (χ2v) is 6.40. The number of hydrogen-bond acceptors (Lipinski definition) is 5. The van der Waals surface area contributed by atoms with Crippen molar-refractivity contribution >= 4 is 23.4 Å². The van der Waals surface area contributed by atoms with Crippen molar-refractivity contribution in [1.82, 2.24) is 25.5 Å². The zero-order valence-corrected chi connectivity index (χ0v) is 15.4. The van der Waals surface area contributed by atoms with E-state index in [1.807, 2.05) is 30.3 Å². The number of para-hydroxylation sites is 1. The van der Waals surface area contributed by atoms with Crippen LogP contribution in [-0.2, 0) is 6.54 Å². The summed E-state index contributed by atoms with van der Waals surface area (Å²) in [7, 11) is 0. The van der Waals surface area contributed by atoms with E-state index in [1.54, 1.807) is 16.8 Å². The fourth-order valence-electron chi connectivity index (χ4n) is 2.13. The summed E-state index contributed by atoms with van der Waals surface area (Å²) in [6.45, 7) is 1.06. The van der Waals surface area contributed by atoms with Crippen molar-refractivity contribution in [3.63, 3.8) is 0 Å². The van der Waals surface area contributed by atoms with Crippen LogP contribution in [-0.4, -0.2) is 32.5 Å².